The van der Waals surface area contributed by atoms with E-state index in [0.29, 0.717) is 22.4 Å². The number of esters is 1. The lowest BCUT2D eigenvalue weighted by atomic mass is 9.52. The van der Waals surface area contributed by atoms with E-state index in [9.17, 15) is 10.1 Å². The Hall–Kier alpha value is -2.74. The van der Waals surface area contributed by atoms with Crippen molar-refractivity contribution in [1.82, 2.24) is 14.6 Å². The number of rotatable bonds is 4. The lowest BCUT2D eigenvalue weighted by Crippen LogP contribution is -2.49. The van der Waals surface area contributed by atoms with Gasteiger partial charge in [-0.3, -0.25) is 4.79 Å². The van der Waals surface area contributed by atoms with E-state index in [-0.39, 0.29) is 18.5 Å². The minimum absolute atomic E-state index is 0.0968. The molecule has 2 saturated heterocycles. The molecule has 2 aromatic rings. The molecule has 0 amide bonds. The van der Waals surface area contributed by atoms with Gasteiger partial charge in [-0.1, -0.05) is 6.42 Å². The monoisotopic (exact) mass is 453 g/mol. The van der Waals surface area contributed by atoms with Crippen LogP contribution in [0.5, 0.6) is 0 Å². The highest BCUT2D eigenvalue weighted by atomic mass is 16.8. The molecule has 4 heterocycles. The van der Waals surface area contributed by atoms with E-state index in [1.165, 1.54) is 25.6 Å². The van der Waals surface area contributed by atoms with Gasteiger partial charge >= 0.3 is 5.97 Å². The summed E-state index contributed by atoms with van der Waals surface area (Å²) in [7, 11) is 0. The smallest absolute Gasteiger partial charge is 0.309 e. The van der Waals surface area contributed by atoms with Crippen molar-refractivity contribution in [3.8, 4) is 6.07 Å². The van der Waals surface area contributed by atoms with Crippen molar-refractivity contribution >= 4 is 17.3 Å². The predicted octanol–water partition coefficient (Wildman–Crippen LogP) is 2.29. The SMILES string of the molecule is CC1(C)O[C@H]2[C@H](c3ccc4c(N)ncnn34)O[C@](C#N)(COC(=O)C3CC4(CCC4)C3)[C@H]2O1. The average molecular weight is 453 g/mol. The number of carbonyl (C=O) groups is 1. The Morgan fingerprint density at radius 1 is 1.30 bits per heavy atom. The summed E-state index contributed by atoms with van der Waals surface area (Å²) in [5, 5.41) is 14.5. The van der Waals surface area contributed by atoms with E-state index in [1.807, 2.05) is 6.07 Å². The van der Waals surface area contributed by atoms with Gasteiger partial charge in [-0.05, 0) is 57.1 Å². The normalized spacial score (nSPS) is 33.9. The van der Waals surface area contributed by atoms with Gasteiger partial charge in [-0.15, -0.1) is 0 Å². The number of nitrogen functional groups attached to an aromatic ring is 1. The lowest BCUT2D eigenvalue weighted by molar-refractivity contribution is -0.210. The summed E-state index contributed by atoms with van der Waals surface area (Å²) in [5.74, 6) is -0.951. The van der Waals surface area contributed by atoms with Gasteiger partial charge in [0, 0.05) is 0 Å². The number of aromatic nitrogens is 3. The summed E-state index contributed by atoms with van der Waals surface area (Å²) in [6.07, 6.45) is 4.77. The van der Waals surface area contributed by atoms with Gasteiger partial charge in [0.25, 0.3) is 0 Å². The van der Waals surface area contributed by atoms with Gasteiger partial charge in [-0.2, -0.15) is 10.4 Å². The standard InChI is InChI=1S/C23H27N5O5/c1-21(2)31-17-16(14-4-5-15-19(25)26-12-27-28(14)15)32-23(10-24,18(17)33-21)11-30-20(29)13-8-22(9-13)6-3-7-22/h4-5,12-13,16-18H,3,6-9,11H2,1-2H3,(H2,25,26,27)/t16-,17-,18-,23+/m0/s1. The third-order valence-electron chi connectivity index (χ3n) is 7.75. The number of hydrogen-bond acceptors (Lipinski definition) is 9. The first kappa shape index (κ1) is 20.8. The van der Waals surface area contributed by atoms with Crippen molar-refractivity contribution in [1.29, 1.82) is 5.26 Å². The van der Waals surface area contributed by atoms with Gasteiger partial charge in [0.1, 0.15) is 42.8 Å². The maximum absolute atomic E-state index is 12.7. The number of carbonyl (C=O) groups excluding carboxylic acids is 1. The topological polar surface area (TPSA) is 134 Å². The van der Waals surface area contributed by atoms with Gasteiger partial charge in [0.05, 0.1) is 11.6 Å². The first-order valence-corrected chi connectivity index (χ1v) is 11.4. The lowest BCUT2D eigenvalue weighted by Gasteiger charge is -2.53. The van der Waals surface area contributed by atoms with Crippen LogP contribution in [0.4, 0.5) is 5.82 Å². The van der Waals surface area contributed by atoms with Crippen LogP contribution in [0.15, 0.2) is 18.5 Å². The first-order valence-electron chi connectivity index (χ1n) is 11.4. The van der Waals surface area contributed by atoms with Crippen molar-refractivity contribution in [2.24, 2.45) is 11.3 Å². The molecule has 10 nitrogen and oxygen atoms in total. The molecule has 4 atom stereocenters. The van der Waals surface area contributed by atoms with E-state index in [4.69, 9.17) is 24.7 Å². The molecule has 6 rings (SSSR count). The van der Waals surface area contributed by atoms with Crippen molar-refractivity contribution in [3.05, 3.63) is 24.2 Å². The largest absolute Gasteiger partial charge is 0.461 e. The van der Waals surface area contributed by atoms with Crippen LogP contribution in [-0.2, 0) is 23.7 Å². The van der Waals surface area contributed by atoms with Crippen molar-refractivity contribution < 1.29 is 23.7 Å². The molecule has 2 aliphatic heterocycles. The summed E-state index contributed by atoms with van der Waals surface area (Å²) >= 11 is 0. The summed E-state index contributed by atoms with van der Waals surface area (Å²) < 4.78 is 25.8. The Morgan fingerprint density at radius 2 is 2.09 bits per heavy atom. The molecule has 0 radical (unpaired) electrons. The number of hydrogen-bond donors (Lipinski definition) is 1. The Balaban J connectivity index is 1.26. The molecular weight excluding hydrogens is 426 g/mol. The van der Waals surface area contributed by atoms with Crippen LogP contribution < -0.4 is 5.73 Å². The fraction of sp³-hybridized carbons (Fsp3) is 0.652. The van der Waals surface area contributed by atoms with E-state index < -0.39 is 29.7 Å². The van der Waals surface area contributed by atoms with Gasteiger partial charge < -0.3 is 24.7 Å². The van der Waals surface area contributed by atoms with E-state index >= 15 is 0 Å². The van der Waals surface area contributed by atoms with Crippen molar-refractivity contribution in [3.63, 3.8) is 0 Å². The quantitative estimate of drug-likeness (QED) is 0.692. The number of anilines is 1. The van der Waals surface area contributed by atoms with Crippen LogP contribution in [-0.4, -0.2) is 50.8 Å². The first-order chi connectivity index (χ1) is 15.7. The summed E-state index contributed by atoms with van der Waals surface area (Å²) in [6, 6.07) is 5.85. The second-order valence-electron chi connectivity index (χ2n) is 10.3. The Morgan fingerprint density at radius 3 is 2.79 bits per heavy atom. The minimum Gasteiger partial charge on any atom is -0.461 e. The molecule has 2 N–H and O–H groups in total. The summed E-state index contributed by atoms with van der Waals surface area (Å²) in [5.41, 5.74) is 6.13. The summed E-state index contributed by atoms with van der Waals surface area (Å²) in [6.45, 7) is 3.36. The minimum atomic E-state index is -1.50. The molecule has 10 heteroatoms. The fourth-order valence-corrected chi connectivity index (χ4v) is 5.92. The summed E-state index contributed by atoms with van der Waals surface area (Å²) in [4.78, 5) is 16.7. The van der Waals surface area contributed by atoms with Crippen LogP contribution in [0.3, 0.4) is 0 Å². The highest BCUT2D eigenvalue weighted by molar-refractivity contribution is 5.74. The highest BCUT2D eigenvalue weighted by Gasteiger charge is 2.65. The number of nitriles is 1. The molecular formula is C23H27N5O5. The highest BCUT2D eigenvalue weighted by Crippen LogP contribution is 2.59. The number of nitrogens with zero attached hydrogens (tertiary/aromatic N) is 4. The molecule has 4 fully saturated rings. The van der Waals surface area contributed by atoms with Crippen LogP contribution in [0.2, 0.25) is 0 Å². The maximum atomic E-state index is 12.7. The molecule has 33 heavy (non-hydrogen) atoms. The van der Waals surface area contributed by atoms with E-state index in [2.05, 4.69) is 16.2 Å². The second kappa shape index (κ2) is 6.88. The maximum Gasteiger partial charge on any atom is 0.309 e. The molecule has 2 saturated carbocycles. The molecule has 0 aromatic carbocycles. The van der Waals surface area contributed by atoms with E-state index in [1.54, 1.807) is 24.4 Å². The molecule has 0 unspecified atom stereocenters. The van der Waals surface area contributed by atoms with E-state index in [0.717, 1.165) is 12.8 Å². The third kappa shape index (κ3) is 3.06. The Bertz CT molecular complexity index is 1160. The Kier molecular flexibility index (Phi) is 4.35. The van der Waals surface area contributed by atoms with Crippen LogP contribution in [0.1, 0.15) is 57.7 Å². The van der Waals surface area contributed by atoms with Gasteiger partial charge in [-0.25, -0.2) is 9.50 Å². The zero-order chi connectivity index (χ0) is 23.0. The average Bonchev–Trinajstić information content (AvgIpc) is 3.35. The number of nitrogens with two attached hydrogens (primary N) is 1. The second-order valence-corrected chi connectivity index (χ2v) is 10.3. The number of fused-ring (bicyclic) bond motifs is 2. The molecule has 174 valence electrons. The zero-order valence-electron chi connectivity index (χ0n) is 18.7. The van der Waals surface area contributed by atoms with Crippen LogP contribution >= 0.6 is 0 Å². The zero-order valence-corrected chi connectivity index (χ0v) is 18.7. The molecule has 4 aliphatic rings. The predicted molar refractivity (Wildman–Crippen MR) is 113 cm³/mol. The van der Waals surface area contributed by atoms with Gasteiger partial charge in [0.2, 0.25) is 5.60 Å². The Labute approximate surface area is 190 Å². The fourth-order valence-electron chi connectivity index (χ4n) is 5.92. The van der Waals surface area contributed by atoms with Crippen LogP contribution in [0.25, 0.3) is 5.52 Å². The van der Waals surface area contributed by atoms with Gasteiger partial charge in [0.15, 0.2) is 11.6 Å². The molecule has 2 aromatic heterocycles. The van der Waals surface area contributed by atoms with Crippen molar-refractivity contribution in [2.45, 2.75) is 75.7 Å². The molecule has 1 spiro atoms. The van der Waals surface area contributed by atoms with Crippen LogP contribution in [0, 0.1) is 22.7 Å². The third-order valence-corrected chi connectivity index (χ3v) is 7.75. The van der Waals surface area contributed by atoms with Crippen molar-refractivity contribution in [2.75, 3.05) is 12.3 Å². The molecule has 2 aliphatic carbocycles. The number of ether oxygens (including phenoxy) is 4. The molecule has 0 bridgehead atoms.